The molecule has 0 aliphatic carbocycles. The summed E-state index contributed by atoms with van der Waals surface area (Å²) in [6.07, 6.45) is 0.639. The molecule has 2 aliphatic heterocycles. The maximum Gasteiger partial charge on any atom is 0.262 e. The van der Waals surface area contributed by atoms with E-state index in [2.05, 4.69) is 10.3 Å². The highest BCUT2D eigenvalue weighted by atomic mass is 32.2. The Morgan fingerprint density at radius 1 is 1.18 bits per heavy atom. The van der Waals surface area contributed by atoms with Crippen molar-refractivity contribution in [1.29, 1.82) is 0 Å². The molecule has 2 unspecified atom stereocenters. The minimum atomic E-state index is -0.650. The van der Waals surface area contributed by atoms with Crippen LogP contribution in [0, 0.1) is 12.7 Å². The third-order valence-electron chi connectivity index (χ3n) is 5.65. The van der Waals surface area contributed by atoms with E-state index in [-0.39, 0.29) is 24.3 Å². The summed E-state index contributed by atoms with van der Waals surface area (Å²) in [7, 11) is 0. The molecule has 0 radical (unpaired) electrons. The molecule has 6 nitrogen and oxygen atoms in total. The first kappa shape index (κ1) is 22.5. The number of amides is 2. The summed E-state index contributed by atoms with van der Waals surface area (Å²) >= 11 is 2.87. The van der Waals surface area contributed by atoms with Gasteiger partial charge in [-0.15, -0.1) is 11.3 Å². The number of aliphatic imine (C=N–C) groups is 1. The first-order valence-corrected chi connectivity index (χ1v) is 12.5. The van der Waals surface area contributed by atoms with Gasteiger partial charge in [0.1, 0.15) is 11.1 Å². The van der Waals surface area contributed by atoms with Gasteiger partial charge in [0.2, 0.25) is 5.91 Å². The first-order chi connectivity index (χ1) is 16.5. The zero-order valence-corrected chi connectivity index (χ0v) is 19.9. The summed E-state index contributed by atoms with van der Waals surface area (Å²) in [5.41, 5.74) is 2.88. The number of thiophene rings is 1. The highest BCUT2D eigenvalue weighted by Crippen LogP contribution is 2.39. The van der Waals surface area contributed by atoms with E-state index in [4.69, 9.17) is 5.10 Å². The van der Waals surface area contributed by atoms with Crippen molar-refractivity contribution >= 4 is 51.5 Å². The van der Waals surface area contributed by atoms with Gasteiger partial charge in [-0.05, 0) is 41.6 Å². The van der Waals surface area contributed by atoms with E-state index in [0.717, 1.165) is 16.2 Å². The molecule has 0 bridgehead atoms. The van der Waals surface area contributed by atoms with Crippen LogP contribution in [-0.2, 0) is 9.59 Å². The summed E-state index contributed by atoms with van der Waals surface area (Å²) in [6.45, 7) is 1.65. The van der Waals surface area contributed by atoms with E-state index >= 15 is 0 Å². The van der Waals surface area contributed by atoms with Gasteiger partial charge in [-0.2, -0.15) is 10.1 Å². The molecular weight excluding hydrogens is 471 g/mol. The molecule has 1 aromatic heterocycles. The summed E-state index contributed by atoms with van der Waals surface area (Å²) in [5, 5.41) is 11.1. The Kier molecular flexibility index (Phi) is 6.30. The third kappa shape index (κ3) is 4.67. The van der Waals surface area contributed by atoms with Crippen LogP contribution in [0.3, 0.4) is 0 Å². The number of aryl methyl sites for hydroxylation is 1. The minimum absolute atomic E-state index is 0.0582. The highest BCUT2D eigenvalue weighted by molar-refractivity contribution is 8.15. The molecule has 0 saturated carbocycles. The van der Waals surface area contributed by atoms with Gasteiger partial charge in [-0.25, -0.2) is 9.40 Å². The minimum Gasteiger partial charge on any atom is -0.326 e. The zero-order valence-electron chi connectivity index (χ0n) is 18.3. The van der Waals surface area contributed by atoms with Gasteiger partial charge >= 0.3 is 0 Å². The lowest BCUT2D eigenvalue weighted by molar-refractivity contribution is -0.121. The van der Waals surface area contributed by atoms with Gasteiger partial charge in [0, 0.05) is 18.5 Å². The second kappa shape index (κ2) is 9.52. The quantitative estimate of drug-likeness (QED) is 0.519. The van der Waals surface area contributed by atoms with Crippen LogP contribution >= 0.6 is 23.1 Å². The Balaban J connectivity index is 1.31. The number of amidine groups is 1. The van der Waals surface area contributed by atoms with Crippen LogP contribution < -0.4 is 5.32 Å². The molecule has 2 atom stereocenters. The smallest absolute Gasteiger partial charge is 0.262 e. The third-order valence-corrected chi connectivity index (χ3v) is 7.71. The summed E-state index contributed by atoms with van der Waals surface area (Å²) in [6, 6.07) is 18.4. The molecule has 0 spiro atoms. The number of benzene rings is 2. The first-order valence-electron chi connectivity index (χ1n) is 10.8. The fourth-order valence-electron chi connectivity index (χ4n) is 3.87. The molecule has 0 saturated heterocycles. The average molecular weight is 493 g/mol. The van der Waals surface area contributed by atoms with Crippen LogP contribution in [0.15, 0.2) is 76.1 Å². The van der Waals surface area contributed by atoms with Crippen molar-refractivity contribution in [1.82, 2.24) is 5.01 Å². The number of nitrogens with zero attached hydrogens (tertiary/aromatic N) is 3. The van der Waals surface area contributed by atoms with Crippen LogP contribution in [0.5, 0.6) is 0 Å². The molecule has 1 N–H and O–H groups in total. The topological polar surface area (TPSA) is 74.1 Å². The molecule has 2 aromatic carbocycles. The van der Waals surface area contributed by atoms with Crippen LogP contribution in [0.4, 0.5) is 10.1 Å². The predicted octanol–water partition coefficient (Wildman–Crippen LogP) is 5.37. The molecule has 5 rings (SSSR count). The summed E-state index contributed by atoms with van der Waals surface area (Å²) in [5.74, 6) is -1.12. The lowest BCUT2D eigenvalue weighted by Gasteiger charge is -2.23. The van der Waals surface area contributed by atoms with E-state index in [0.29, 0.717) is 22.8 Å². The van der Waals surface area contributed by atoms with Crippen molar-refractivity contribution in [2.45, 2.75) is 31.1 Å². The van der Waals surface area contributed by atoms with Crippen LogP contribution in [0.2, 0.25) is 0 Å². The Hall–Kier alpha value is -3.30. The molecule has 0 fully saturated rings. The maximum absolute atomic E-state index is 13.8. The lowest BCUT2D eigenvalue weighted by atomic mass is 10.0. The van der Waals surface area contributed by atoms with Gasteiger partial charge in [0.25, 0.3) is 5.91 Å². The molecule has 172 valence electrons. The Bertz CT molecular complexity index is 1290. The van der Waals surface area contributed by atoms with Crippen LogP contribution in [-0.4, -0.2) is 33.0 Å². The molecular formula is C25H21FN4O2S2. The van der Waals surface area contributed by atoms with Crippen molar-refractivity contribution in [2.75, 3.05) is 5.32 Å². The second-order valence-corrected chi connectivity index (χ2v) is 10.2. The van der Waals surface area contributed by atoms with Crippen LogP contribution in [0.25, 0.3) is 0 Å². The lowest BCUT2D eigenvalue weighted by Crippen LogP contribution is -2.25. The van der Waals surface area contributed by atoms with Gasteiger partial charge in [0.05, 0.1) is 16.6 Å². The molecule has 3 aromatic rings. The van der Waals surface area contributed by atoms with Crippen molar-refractivity contribution in [2.24, 2.45) is 10.1 Å². The van der Waals surface area contributed by atoms with Crippen molar-refractivity contribution in [3.05, 3.63) is 87.9 Å². The molecule has 34 heavy (non-hydrogen) atoms. The Labute approximate surface area is 204 Å². The van der Waals surface area contributed by atoms with E-state index in [1.807, 2.05) is 47.8 Å². The van der Waals surface area contributed by atoms with E-state index in [1.165, 1.54) is 17.8 Å². The predicted molar refractivity (Wildman–Crippen MR) is 135 cm³/mol. The summed E-state index contributed by atoms with van der Waals surface area (Å²) in [4.78, 5) is 30.5. The van der Waals surface area contributed by atoms with Gasteiger partial charge in [-0.1, -0.05) is 54.2 Å². The van der Waals surface area contributed by atoms with E-state index < -0.39 is 11.1 Å². The Morgan fingerprint density at radius 2 is 2.00 bits per heavy atom. The second-order valence-electron chi connectivity index (χ2n) is 8.05. The molecule has 2 amide bonds. The fraction of sp³-hybridized carbons (Fsp3) is 0.200. The highest BCUT2D eigenvalue weighted by Gasteiger charge is 2.39. The van der Waals surface area contributed by atoms with E-state index in [1.54, 1.807) is 35.4 Å². The Morgan fingerprint density at radius 3 is 2.74 bits per heavy atom. The van der Waals surface area contributed by atoms with Crippen molar-refractivity contribution < 1.29 is 14.0 Å². The molecule has 2 aliphatic rings. The number of thioether (sulfide) groups is 1. The number of hydrazone groups is 1. The standard InChI is InChI=1S/C25H21FN4O2S2/c1-15-9-10-17(12-18(15)26)27-23(31)14-22-24(32)28-25(34-22)30-20(16-6-3-2-4-7-16)13-19(29-30)21-8-5-11-33-21/h2-12,20,22H,13-14H2,1H3,(H,27,31). The maximum atomic E-state index is 13.8. The normalized spacial score (nSPS) is 19.8. The largest absolute Gasteiger partial charge is 0.326 e. The van der Waals surface area contributed by atoms with Gasteiger partial charge < -0.3 is 5.32 Å². The number of hydrogen-bond acceptors (Lipinski definition) is 6. The van der Waals surface area contributed by atoms with E-state index in [9.17, 15) is 14.0 Å². The average Bonchev–Trinajstić information content (AvgIpc) is 3.57. The summed E-state index contributed by atoms with van der Waals surface area (Å²) < 4.78 is 13.8. The SMILES string of the molecule is Cc1ccc(NC(=O)CC2SC(N3N=C(c4cccs4)CC3c3ccccc3)=NC2=O)cc1F. The monoisotopic (exact) mass is 492 g/mol. The number of hydrogen-bond donors (Lipinski definition) is 1. The number of nitrogens with one attached hydrogen (secondary N) is 1. The van der Waals surface area contributed by atoms with Gasteiger partial charge in [-0.3, -0.25) is 9.59 Å². The van der Waals surface area contributed by atoms with Gasteiger partial charge in [0.15, 0.2) is 5.17 Å². The number of anilines is 1. The zero-order chi connectivity index (χ0) is 23.7. The number of carbonyl (C=O) groups is 2. The van der Waals surface area contributed by atoms with Crippen LogP contribution in [0.1, 0.15) is 34.9 Å². The number of carbonyl (C=O) groups excluding carboxylic acids is 2. The van der Waals surface area contributed by atoms with Crippen molar-refractivity contribution in [3.8, 4) is 0 Å². The fourth-order valence-corrected chi connectivity index (χ4v) is 5.65. The molecule has 3 heterocycles. The molecule has 9 heteroatoms. The van der Waals surface area contributed by atoms with Crippen molar-refractivity contribution in [3.63, 3.8) is 0 Å². The number of rotatable bonds is 5. The number of halogens is 1.